The minimum atomic E-state index is -1.62. The summed E-state index contributed by atoms with van der Waals surface area (Å²) in [5.74, 6) is -4.90. The average molecular weight is 319 g/mol. The first kappa shape index (κ1) is 14.8. The largest absolute Gasteiger partial charge is 0.323 e. The fourth-order valence-corrected chi connectivity index (χ4v) is 2.90. The number of carbonyl (C=O) groups is 1. The molecule has 4 nitrogen and oxygen atoms in total. The Morgan fingerprint density at radius 2 is 2.10 bits per heavy atom. The second kappa shape index (κ2) is 6.23. The zero-order valence-corrected chi connectivity index (χ0v) is 11.7. The molecule has 2 rings (SSSR count). The molecule has 0 aliphatic carbocycles. The Morgan fingerprint density at radius 1 is 1.35 bits per heavy atom. The van der Waals surface area contributed by atoms with Gasteiger partial charge in [-0.1, -0.05) is 23.1 Å². The topological polar surface area (TPSA) is 54.9 Å². The summed E-state index contributed by atoms with van der Waals surface area (Å²) in [7, 11) is 0. The van der Waals surface area contributed by atoms with Crippen molar-refractivity contribution in [1.82, 2.24) is 10.2 Å². The lowest BCUT2D eigenvalue weighted by atomic mass is 10.2. The number of carbonyl (C=O) groups excluding carboxylic acids is 1. The van der Waals surface area contributed by atoms with Gasteiger partial charge in [0, 0.05) is 0 Å². The van der Waals surface area contributed by atoms with E-state index < -0.39 is 34.3 Å². The highest BCUT2D eigenvalue weighted by Crippen LogP contribution is 2.26. The number of aromatic nitrogens is 2. The van der Waals surface area contributed by atoms with Crippen molar-refractivity contribution < 1.29 is 18.0 Å². The number of rotatable bonds is 4. The summed E-state index contributed by atoms with van der Waals surface area (Å²) in [5, 5.41) is 8.99. The molecule has 9 heteroatoms. The van der Waals surface area contributed by atoms with E-state index in [2.05, 4.69) is 15.5 Å². The van der Waals surface area contributed by atoms with Crippen LogP contribution in [0.15, 0.2) is 22.0 Å². The van der Waals surface area contributed by atoms with Crippen LogP contribution in [0.4, 0.5) is 18.9 Å². The molecule has 1 amide bonds. The van der Waals surface area contributed by atoms with Gasteiger partial charge in [0.1, 0.15) is 5.51 Å². The van der Waals surface area contributed by atoms with Gasteiger partial charge in [0.25, 0.3) is 0 Å². The van der Waals surface area contributed by atoms with Gasteiger partial charge in [0.2, 0.25) is 5.91 Å². The summed E-state index contributed by atoms with van der Waals surface area (Å²) >= 11 is 2.39. The highest BCUT2D eigenvalue weighted by atomic mass is 32.2. The lowest BCUT2D eigenvalue weighted by molar-refractivity contribution is -0.115. The van der Waals surface area contributed by atoms with E-state index in [-0.39, 0.29) is 0 Å². The van der Waals surface area contributed by atoms with Crippen molar-refractivity contribution in [3.8, 4) is 0 Å². The summed E-state index contributed by atoms with van der Waals surface area (Å²) in [6, 6.07) is 1.71. The molecular weight excluding hydrogens is 311 g/mol. The predicted molar refractivity (Wildman–Crippen MR) is 70.2 cm³/mol. The molecule has 1 aromatic carbocycles. The molecule has 0 fully saturated rings. The summed E-state index contributed by atoms with van der Waals surface area (Å²) in [6.45, 7) is 1.58. The third-order valence-electron chi connectivity index (χ3n) is 2.28. The van der Waals surface area contributed by atoms with Crippen LogP contribution in [-0.2, 0) is 4.79 Å². The summed E-state index contributed by atoms with van der Waals surface area (Å²) in [5.41, 5.74) is 1.11. The molecule has 1 aromatic heterocycles. The van der Waals surface area contributed by atoms with Crippen molar-refractivity contribution in [1.29, 1.82) is 0 Å². The first-order valence-corrected chi connectivity index (χ1v) is 7.12. The lowest BCUT2D eigenvalue weighted by Crippen LogP contribution is -2.23. The normalized spacial score (nSPS) is 12.2. The molecule has 1 atom stereocenters. The van der Waals surface area contributed by atoms with Gasteiger partial charge in [-0.15, -0.1) is 10.2 Å². The molecule has 0 saturated carbocycles. The highest BCUT2D eigenvalue weighted by Gasteiger charge is 2.20. The van der Waals surface area contributed by atoms with Crippen LogP contribution in [0.2, 0.25) is 0 Å². The number of nitrogens with zero attached hydrogens (tertiary/aromatic N) is 2. The summed E-state index contributed by atoms with van der Waals surface area (Å²) in [6.07, 6.45) is 0. The molecule has 1 heterocycles. The zero-order chi connectivity index (χ0) is 14.7. The Hall–Kier alpha value is -1.61. The second-order valence-electron chi connectivity index (χ2n) is 3.68. The maximum Gasteiger partial charge on any atom is 0.237 e. The van der Waals surface area contributed by atoms with Crippen LogP contribution in [0.3, 0.4) is 0 Å². The number of amides is 1. The van der Waals surface area contributed by atoms with Crippen molar-refractivity contribution in [2.45, 2.75) is 16.5 Å². The summed E-state index contributed by atoms with van der Waals surface area (Å²) < 4.78 is 39.8. The molecule has 0 unspecified atom stereocenters. The van der Waals surface area contributed by atoms with Gasteiger partial charge >= 0.3 is 0 Å². The van der Waals surface area contributed by atoms with Crippen LogP contribution in [0.1, 0.15) is 6.92 Å². The number of hydrogen-bond acceptors (Lipinski definition) is 5. The minimum Gasteiger partial charge on any atom is -0.323 e. The van der Waals surface area contributed by atoms with Gasteiger partial charge in [-0.25, -0.2) is 13.2 Å². The number of halogens is 3. The van der Waals surface area contributed by atoms with E-state index >= 15 is 0 Å². The molecule has 0 aliphatic rings. The first-order valence-electron chi connectivity index (χ1n) is 5.36. The number of thioether (sulfide) groups is 1. The van der Waals surface area contributed by atoms with Crippen LogP contribution < -0.4 is 5.32 Å². The maximum atomic E-state index is 13.4. The van der Waals surface area contributed by atoms with E-state index in [1.54, 1.807) is 6.92 Å². The van der Waals surface area contributed by atoms with Gasteiger partial charge in [-0.2, -0.15) is 0 Å². The Labute approximate surface area is 120 Å². The van der Waals surface area contributed by atoms with Gasteiger partial charge < -0.3 is 5.32 Å². The maximum absolute atomic E-state index is 13.4. The van der Waals surface area contributed by atoms with Gasteiger partial charge in [-0.3, -0.25) is 4.79 Å². The monoisotopic (exact) mass is 319 g/mol. The van der Waals surface area contributed by atoms with Crippen LogP contribution >= 0.6 is 23.1 Å². The lowest BCUT2D eigenvalue weighted by Gasteiger charge is -2.11. The molecule has 0 spiro atoms. The van der Waals surface area contributed by atoms with Crippen LogP contribution in [0, 0.1) is 17.5 Å². The smallest absolute Gasteiger partial charge is 0.237 e. The molecule has 0 aliphatic heterocycles. The standard InChI is InChI=1S/C11H8F3N3OS2/c1-5(20-11-17-15-4-19-11)10(18)16-7-3-2-6(12)8(13)9(7)14/h2-5H,1H3,(H,16,18)/t5-/m1/s1. The van der Waals surface area contributed by atoms with E-state index in [9.17, 15) is 18.0 Å². The average Bonchev–Trinajstić information content (AvgIpc) is 2.92. The third-order valence-corrected chi connectivity index (χ3v) is 4.19. The van der Waals surface area contributed by atoms with Crippen molar-refractivity contribution in [3.63, 3.8) is 0 Å². The molecule has 106 valence electrons. The highest BCUT2D eigenvalue weighted by molar-refractivity contribution is 8.02. The van der Waals surface area contributed by atoms with Crippen molar-refractivity contribution in [3.05, 3.63) is 35.1 Å². The quantitative estimate of drug-likeness (QED) is 0.695. The van der Waals surface area contributed by atoms with E-state index in [1.807, 2.05) is 0 Å². The molecular formula is C11H8F3N3OS2. The predicted octanol–water partition coefficient (Wildman–Crippen LogP) is 3.07. The molecule has 0 bridgehead atoms. The molecule has 1 N–H and O–H groups in total. The zero-order valence-electron chi connectivity index (χ0n) is 10.1. The van der Waals surface area contributed by atoms with Gasteiger partial charge in [-0.05, 0) is 19.1 Å². The van der Waals surface area contributed by atoms with Crippen molar-refractivity contribution in [2.24, 2.45) is 0 Å². The molecule has 2 aromatic rings. The number of hydrogen-bond donors (Lipinski definition) is 1. The summed E-state index contributed by atoms with van der Waals surface area (Å²) in [4.78, 5) is 11.8. The van der Waals surface area contributed by atoms with Crippen molar-refractivity contribution >= 4 is 34.7 Å². The van der Waals surface area contributed by atoms with Crippen LogP contribution in [-0.4, -0.2) is 21.4 Å². The van der Waals surface area contributed by atoms with Crippen LogP contribution in [0.25, 0.3) is 0 Å². The SMILES string of the molecule is C[C@@H](Sc1nncs1)C(=O)Nc1ccc(F)c(F)c1F. The number of nitrogens with one attached hydrogen (secondary N) is 1. The van der Waals surface area contributed by atoms with Gasteiger partial charge in [0.05, 0.1) is 10.9 Å². The first-order chi connectivity index (χ1) is 9.49. The Bertz CT molecular complexity index is 622. The fraction of sp³-hybridized carbons (Fsp3) is 0.182. The Balaban J connectivity index is 2.06. The fourth-order valence-electron chi connectivity index (χ4n) is 1.28. The van der Waals surface area contributed by atoms with Crippen molar-refractivity contribution in [2.75, 3.05) is 5.32 Å². The van der Waals surface area contributed by atoms with E-state index in [1.165, 1.54) is 16.8 Å². The number of anilines is 1. The Kier molecular flexibility index (Phi) is 4.61. The van der Waals surface area contributed by atoms with Crippen LogP contribution in [0.5, 0.6) is 0 Å². The molecule has 20 heavy (non-hydrogen) atoms. The Morgan fingerprint density at radius 3 is 2.75 bits per heavy atom. The third kappa shape index (κ3) is 3.28. The number of benzene rings is 1. The van der Waals surface area contributed by atoms with E-state index in [4.69, 9.17) is 0 Å². The molecule has 0 saturated heterocycles. The second-order valence-corrected chi connectivity index (χ2v) is 6.10. The van der Waals surface area contributed by atoms with E-state index in [0.717, 1.165) is 23.9 Å². The minimum absolute atomic E-state index is 0.404. The van der Waals surface area contributed by atoms with Gasteiger partial charge in [0.15, 0.2) is 21.8 Å². The van der Waals surface area contributed by atoms with E-state index in [0.29, 0.717) is 4.34 Å². The molecule has 0 radical (unpaired) electrons.